The van der Waals surface area contributed by atoms with Crippen LogP contribution in [0.15, 0.2) is 0 Å². The monoisotopic (exact) mass is 382 g/mol. The molecule has 1 aliphatic heterocycles. The van der Waals surface area contributed by atoms with E-state index in [9.17, 15) is 0 Å². The number of quaternary nitrogens is 1. The van der Waals surface area contributed by atoms with Crippen molar-refractivity contribution >= 4 is 0 Å². The van der Waals surface area contributed by atoms with Crippen LogP contribution in [-0.4, -0.2) is 37.5 Å². The van der Waals surface area contributed by atoms with Gasteiger partial charge in [-0.1, -0.05) is 110 Å². The second kappa shape index (κ2) is 14.9. The molecule has 1 heterocycles. The van der Waals surface area contributed by atoms with Gasteiger partial charge in [-0.25, -0.2) is 0 Å². The van der Waals surface area contributed by atoms with Crippen molar-refractivity contribution in [2.75, 3.05) is 27.2 Å². The van der Waals surface area contributed by atoms with Gasteiger partial charge in [0.15, 0.2) is 0 Å². The molecule has 162 valence electrons. The highest BCUT2D eigenvalue weighted by Crippen LogP contribution is 2.35. The summed E-state index contributed by atoms with van der Waals surface area (Å²) in [5.74, 6) is 0. The number of ether oxygens (including phenoxy) is 1. The van der Waals surface area contributed by atoms with Gasteiger partial charge in [-0.15, -0.1) is 0 Å². The summed E-state index contributed by atoms with van der Waals surface area (Å²) in [6.45, 7) is 6.75. The molecule has 0 bridgehead atoms. The number of rotatable bonds is 20. The van der Waals surface area contributed by atoms with E-state index in [1.54, 1.807) is 0 Å². The maximum atomic E-state index is 5.62. The first-order valence-electron chi connectivity index (χ1n) is 12.5. The van der Waals surface area contributed by atoms with E-state index in [1.807, 2.05) is 0 Å². The Morgan fingerprint density at radius 3 is 1.19 bits per heavy atom. The standard InChI is InChI=1S/C25H52NO/c1-5-6-7-8-9-10-11-12-13-14-15-16-17-18-19-20-21-22-23-26(3,4)25(2)24-27-25/h5-24H2,1-4H3/q+1. The predicted octanol–water partition coefficient (Wildman–Crippen LogP) is 7.85. The molecule has 0 saturated carbocycles. The second-order valence-corrected chi connectivity index (χ2v) is 9.88. The number of unbranched alkanes of at least 4 members (excludes halogenated alkanes) is 17. The van der Waals surface area contributed by atoms with Crippen LogP contribution in [0.5, 0.6) is 0 Å². The van der Waals surface area contributed by atoms with Crippen molar-refractivity contribution in [3.8, 4) is 0 Å². The Balaban J connectivity index is 1.71. The van der Waals surface area contributed by atoms with Gasteiger partial charge in [0.05, 0.1) is 20.6 Å². The topological polar surface area (TPSA) is 12.5 Å². The van der Waals surface area contributed by atoms with Crippen LogP contribution in [0.2, 0.25) is 0 Å². The Morgan fingerprint density at radius 2 is 0.889 bits per heavy atom. The molecule has 0 spiro atoms. The third-order valence-corrected chi connectivity index (χ3v) is 6.91. The van der Waals surface area contributed by atoms with Gasteiger partial charge in [0.25, 0.3) is 0 Å². The number of epoxide rings is 1. The molecule has 27 heavy (non-hydrogen) atoms. The molecule has 2 nitrogen and oxygen atoms in total. The SMILES string of the molecule is CCCCCCCCCCCCCCCCCCCC[N+](C)(C)C1(C)CO1. The first-order chi connectivity index (χ1) is 13.0. The largest absolute Gasteiger partial charge is 0.316 e. The van der Waals surface area contributed by atoms with Crippen LogP contribution in [0.25, 0.3) is 0 Å². The highest BCUT2D eigenvalue weighted by Gasteiger charge is 2.53. The molecule has 0 aliphatic carbocycles. The number of likely N-dealkylation sites (N-methyl/N-ethyl adjacent to an activating group) is 1. The first kappa shape index (κ1) is 25.0. The molecule has 0 amide bonds. The van der Waals surface area contributed by atoms with Gasteiger partial charge in [-0.05, 0) is 12.8 Å². The van der Waals surface area contributed by atoms with Crippen molar-refractivity contribution < 1.29 is 9.22 Å². The van der Waals surface area contributed by atoms with E-state index in [1.165, 1.54) is 122 Å². The highest BCUT2D eigenvalue weighted by molar-refractivity contribution is 4.75. The molecule has 1 fully saturated rings. The average Bonchev–Trinajstić information content (AvgIpc) is 3.40. The molecular formula is C25H52NO+. The van der Waals surface area contributed by atoms with Crippen molar-refractivity contribution in [2.24, 2.45) is 0 Å². The Hall–Kier alpha value is -0.0800. The summed E-state index contributed by atoms with van der Waals surface area (Å²) in [6, 6.07) is 0. The minimum atomic E-state index is 0.120. The molecular weight excluding hydrogens is 330 g/mol. The predicted molar refractivity (Wildman–Crippen MR) is 120 cm³/mol. The van der Waals surface area contributed by atoms with E-state index in [-0.39, 0.29) is 5.72 Å². The molecule has 1 saturated heterocycles. The lowest BCUT2D eigenvalue weighted by molar-refractivity contribution is -0.935. The summed E-state index contributed by atoms with van der Waals surface area (Å²) in [5, 5.41) is 0. The summed E-state index contributed by atoms with van der Waals surface area (Å²) in [5.41, 5.74) is 0.120. The fourth-order valence-electron chi connectivity index (χ4n) is 4.10. The van der Waals surface area contributed by atoms with E-state index in [4.69, 9.17) is 4.74 Å². The average molecular weight is 383 g/mol. The Labute approximate surface area is 172 Å². The van der Waals surface area contributed by atoms with Crippen LogP contribution in [-0.2, 0) is 4.74 Å². The first-order valence-corrected chi connectivity index (χ1v) is 12.5. The third-order valence-electron chi connectivity index (χ3n) is 6.91. The Kier molecular flexibility index (Phi) is 13.7. The van der Waals surface area contributed by atoms with Gasteiger partial charge < -0.3 is 4.74 Å². The maximum absolute atomic E-state index is 5.62. The van der Waals surface area contributed by atoms with Gasteiger partial charge in [0, 0.05) is 6.92 Å². The lowest BCUT2D eigenvalue weighted by Crippen LogP contribution is -2.50. The van der Waals surface area contributed by atoms with Gasteiger partial charge in [0.1, 0.15) is 6.61 Å². The third kappa shape index (κ3) is 12.2. The summed E-state index contributed by atoms with van der Waals surface area (Å²) < 4.78 is 6.65. The molecule has 0 aromatic carbocycles. The molecule has 0 N–H and O–H groups in total. The van der Waals surface area contributed by atoms with Crippen molar-refractivity contribution in [1.29, 1.82) is 0 Å². The zero-order valence-electron chi connectivity index (χ0n) is 19.5. The molecule has 1 rings (SSSR count). The van der Waals surface area contributed by atoms with Crippen LogP contribution in [0, 0.1) is 0 Å². The highest BCUT2D eigenvalue weighted by atomic mass is 16.6. The van der Waals surface area contributed by atoms with Gasteiger partial charge in [-0.3, -0.25) is 4.48 Å². The number of hydrogen-bond acceptors (Lipinski definition) is 1. The normalized spacial score (nSPS) is 19.6. The molecule has 0 radical (unpaired) electrons. The van der Waals surface area contributed by atoms with Crippen molar-refractivity contribution in [2.45, 2.75) is 135 Å². The fourth-order valence-corrected chi connectivity index (χ4v) is 4.10. The van der Waals surface area contributed by atoms with Crippen LogP contribution in [0.3, 0.4) is 0 Å². The molecule has 1 unspecified atom stereocenters. The van der Waals surface area contributed by atoms with E-state index in [0.29, 0.717) is 0 Å². The number of nitrogens with zero attached hydrogens (tertiary/aromatic N) is 1. The summed E-state index contributed by atoms with van der Waals surface area (Å²) in [6.07, 6.45) is 26.1. The minimum absolute atomic E-state index is 0.120. The zero-order valence-corrected chi connectivity index (χ0v) is 19.5. The summed E-state index contributed by atoms with van der Waals surface area (Å²) in [4.78, 5) is 0. The Bertz CT molecular complexity index is 335. The molecule has 1 atom stereocenters. The van der Waals surface area contributed by atoms with E-state index in [2.05, 4.69) is 27.9 Å². The van der Waals surface area contributed by atoms with Crippen molar-refractivity contribution in [3.05, 3.63) is 0 Å². The van der Waals surface area contributed by atoms with Crippen LogP contribution in [0.1, 0.15) is 129 Å². The van der Waals surface area contributed by atoms with Crippen LogP contribution < -0.4 is 0 Å². The van der Waals surface area contributed by atoms with Crippen LogP contribution in [0.4, 0.5) is 0 Å². The van der Waals surface area contributed by atoms with Crippen molar-refractivity contribution in [3.63, 3.8) is 0 Å². The fraction of sp³-hybridized carbons (Fsp3) is 1.00. The second-order valence-electron chi connectivity index (χ2n) is 9.88. The lowest BCUT2D eigenvalue weighted by atomic mass is 10.0. The van der Waals surface area contributed by atoms with Gasteiger partial charge in [0.2, 0.25) is 5.72 Å². The van der Waals surface area contributed by atoms with Gasteiger partial charge in [-0.2, -0.15) is 0 Å². The van der Waals surface area contributed by atoms with Gasteiger partial charge >= 0.3 is 0 Å². The summed E-state index contributed by atoms with van der Waals surface area (Å²) >= 11 is 0. The minimum Gasteiger partial charge on any atom is -0.316 e. The molecule has 1 aliphatic rings. The van der Waals surface area contributed by atoms with Crippen LogP contribution >= 0.6 is 0 Å². The smallest absolute Gasteiger partial charge is 0.224 e. The molecule has 0 aromatic heterocycles. The Morgan fingerprint density at radius 1 is 0.593 bits per heavy atom. The summed E-state index contributed by atoms with van der Waals surface area (Å²) in [7, 11) is 4.64. The molecule has 0 aromatic rings. The van der Waals surface area contributed by atoms with E-state index in [0.717, 1.165) is 11.1 Å². The zero-order chi connectivity index (χ0) is 19.8. The van der Waals surface area contributed by atoms with Crippen molar-refractivity contribution in [1.82, 2.24) is 0 Å². The molecule has 2 heteroatoms. The quantitative estimate of drug-likeness (QED) is 0.119. The number of hydrogen-bond donors (Lipinski definition) is 0. The lowest BCUT2D eigenvalue weighted by Gasteiger charge is -2.33. The maximum Gasteiger partial charge on any atom is 0.224 e. The van der Waals surface area contributed by atoms with E-state index >= 15 is 0 Å². The van der Waals surface area contributed by atoms with E-state index < -0.39 is 0 Å².